The molecule has 1 aliphatic rings. The fourth-order valence-corrected chi connectivity index (χ4v) is 3.10. The van der Waals surface area contributed by atoms with Crippen molar-refractivity contribution in [2.75, 3.05) is 5.73 Å². The monoisotopic (exact) mass is 303 g/mol. The Kier molecular flexibility index (Phi) is 3.29. The van der Waals surface area contributed by atoms with Crippen molar-refractivity contribution >= 4 is 29.0 Å². The predicted octanol–water partition coefficient (Wildman–Crippen LogP) is 4.00. The lowest BCUT2D eigenvalue weighted by molar-refractivity contribution is 0.900. The summed E-state index contributed by atoms with van der Waals surface area (Å²) in [6, 6.07) is 7.56. The SMILES string of the molecule is N#Cc1c(N)nc2c(c1-c1cccc(Cl)c1Cl)CCC2. The second kappa shape index (κ2) is 4.97. The summed E-state index contributed by atoms with van der Waals surface area (Å²) >= 11 is 12.4. The van der Waals surface area contributed by atoms with Gasteiger partial charge in [0.15, 0.2) is 0 Å². The number of halogens is 2. The first-order valence-electron chi connectivity index (χ1n) is 6.29. The van der Waals surface area contributed by atoms with E-state index in [4.69, 9.17) is 28.9 Å². The summed E-state index contributed by atoms with van der Waals surface area (Å²) in [5.41, 5.74) is 9.88. The van der Waals surface area contributed by atoms with Crippen LogP contribution in [-0.2, 0) is 12.8 Å². The summed E-state index contributed by atoms with van der Waals surface area (Å²) in [7, 11) is 0. The molecule has 2 N–H and O–H groups in total. The molecule has 0 saturated heterocycles. The van der Waals surface area contributed by atoms with E-state index in [1.165, 1.54) is 0 Å². The molecule has 1 aromatic carbocycles. The van der Waals surface area contributed by atoms with Gasteiger partial charge >= 0.3 is 0 Å². The molecule has 0 radical (unpaired) electrons. The first-order chi connectivity index (χ1) is 9.63. The molecule has 3 nitrogen and oxygen atoms in total. The van der Waals surface area contributed by atoms with E-state index in [0.29, 0.717) is 15.6 Å². The molecular formula is C15H11Cl2N3. The van der Waals surface area contributed by atoms with Gasteiger partial charge in [0.25, 0.3) is 0 Å². The third-order valence-electron chi connectivity index (χ3n) is 3.58. The summed E-state index contributed by atoms with van der Waals surface area (Å²) in [4.78, 5) is 4.34. The van der Waals surface area contributed by atoms with Gasteiger partial charge in [-0.1, -0.05) is 35.3 Å². The maximum absolute atomic E-state index is 9.41. The van der Waals surface area contributed by atoms with Gasteiger partial charge in [-0.2, -0.15) is 5.26 Å². The van der Waals surface area contributed by atoms with Crippen LogP contribution in [0.4, 0.5) is 5.82 Å². The average Bonchev–Trinajstić information content (AvgIpc) is 2.88. The highest BCUT2D eigenvalue weighted by Gasteiger charge is 2.24. The van der Waals surface area contributed by atoms with Gasteiger partial charge in [-0.05, 0) is 30.9 Å². The third kappa shape index (κ3) is 1.93. The van der Waals surface area contributed by atoms with Crippen LogP contribution in [0.3, 0.4) is 0 Å². The quantitative estimate of drug-likeness (QED) is 0.866. The Morgan fingerprint density at radius 1 is 1.25 bits per heavy atom. The third-order valence-corrected chi connectivity index (χ3v) is 4.40. The van der Waals surface area contributed by atoms with E-state index < -0.39 is 0 Å². The molecule has 5 heteroatoms. The Morgan fingerprint density at radius 2 is 2.05 bits per heavy atom. The molecule has 0 bridgehead atoms. The minimum absolute atomic E-state index is 0.263. The van der Waals surface area contributed by atoms with Crippen molar-refractivity contribution in [1.29, 1.82) is 5.26 Å². The fourth-order valence-electron chi connectivity index (χ4n) is 2.71. The highest BCUT2D eigenvalue weighted by molar-refractivity contribution is 6.43. The smallest absolute Gasteiger partial charge is 0.142 e. The number of aryl methyl sites for hydroxylation is 1. The Labute approximate surface area is 127 Å². The second-order valence-corrected chi connectivity index (χ2v) is 5.52. The zero-order chi connectivity index (χ0) is 14.3. The van der Waals surface area contributed by atoms with E-state index in [1.54, 1.807) is 6.07 Å². The molecule has 0 atom stereocenters. The lowest BCUT2D eigenvalue weighted by atomic mass is 9.94. The van der Waals surface area contributed by atoms with Gasteiger partial charge < -0.3 is 5.73 Å². The largest absolute Gasteiger partial charge is 0.383 e. The predicted molar refractivity (Wildman–Crippen MR) is 80.8 cm³/mol. The molecule has 0 saturated carbocycles. The number of nitrogens with two attached hydrogens (primary N) is 1. The van der Waals surface area contributed by atoms with Gasteiger partial charge in [-0.25, -0.2) is 4.98 Å². The number of rotatable bonds is 1. The highest BCUT2D eigenvalue weighted by Crippen LogP contribution is 2.41. The van der Waals surface area contributed by atoms with Crippen LogP contribution >= 0.6 is 23.2 Å². The minimum atomic E-state index is 0.263. The van der Waals surface area contributed by atoms with Crippen molar-refractivity contribution in [2.45, 2.75) is 19.3 Å². The number of fused-ring (bicyclic) bond motifs is 1. The average molecular weight is 304 g/mol. The molecule has 1 heterocycles. The number of nitriles is 1. The summed E-state index contributed by atoms with van der Waals surface area (Å²) in [5.74, 6) is 0.263. The van der Waals surface area contributed by atoms with Crippen LogP contribution in [0.15, 0.2) is 18.2 Å². The normalized spacial score (nSPS) is 13.1. The van der Waals surface area contributed by atoms with E-state index in [-0.39, 0.29) is 5.82 Å². The van der Waals surface area contributed by atoms with Crippen molar-refractivity contribution in [3.63, 3.8) is 0 Å². The minimum Gasteiger partial charge on any atom is -0.383 e. The van der Waals surface area contributed by atoms with E-state index >= 15 is 0 Å². The topological polar surface area (TPSA) is 62.7 Å². The first-order valence-corrected chi connectivity index (χ1v) is 7.04. The van der Waals surface area contributed by atoms with Crippen molar-refractivity contribution in [3.05, 3.63) is 45.1 Å². The second-order valence-electron chi connectivity index (χ2n) is 4.74. The van der Waals surface area contributed by atoms with Gasteiger partial charge in [0.05, 0.1) is 10.0 Å². The van der Waals surface area contributed by atoms with Gasteiger partial charge in [0, 0.05) is 16.8 Å². The van der Waals surface area contributed by atoms with Crippen LogP contribution in [-0.4, -0.2) is 4.98 Å². The molecule has 3 rings (SSSR count). The van der Waals surface area contributed by atoms with Gasteiger partial charge in [0.2, 0.25) is 0 Å². The molecule has 100 valence electrons. The van der Waals surface area contributed by atoms with Gasteiger partial charge in [-0.15, -0.1) is 0 Å². The molecule has 0 fully saturated rings. The number of nitrogens with zero attached hydrogens (tertiary/aromatic N) is 2. The molecule has 2 aromatic rings. The number of hydrogen-bond acceptors (Lipinski definition) is 3. The Hall–Kier alpha value is -1.76. The lowest BCUT2D eigenvalue weighted by Crippen LogP contribution is -2.03. The molecule has 0 amide bonds. The molecule has 1 aliphatic carbocycles. The van der Waals surface area contributed by atoms with E-state index in [0.717, 1.165) is 41.6 Å². The van der Waals surface area contributed by atoms with Crippen LogP contribution in [0.1, 0.15) is 23.2 Å². The zero-order valence-corrected chi connectivity index (χ0v) is 12.1. The summed E-state index contributed by atoms with van der Waals surface area (Å²) < 4.78 is 0. The summed E-state index contributed by atoms with van der Waals surface area (Å²) in [6.07, 6.45) is 2.79. The summed E-state index contributed by atoms with van der Waals surface area (Å²) in [5, 5.41) is 10.3. The molecule has 1 aromatic heterocycles. The number of pyridine rings is 1. The molecular weight excluding hydrogens is 293 g/mol. The van der Waals surface area contributed by atoms with Crippen LogP contribution in [0.2, 0.25) is 10.0 Å². The maximum atomic E-state index is 9.41. The number of benzene rings is 1. The first kappa shape index (κ1) is 13.2. The standard InChI is InChI=1S/C15H11Cl2N3/c16-11-5-1-4-9(14(11)17)13-8-3-2-6-12(8)20-15(19)10(13)7-18/h1,4-5H,2-3,6H2,(H2,19,20). The molecule has 0 aliphatic heterocycles. The molecule has 0 unspecified atom stereocenters. The maximum Gasteiger partial charge on any atom is 0.142 e. The van der Waals surface area contributed by atoms with E-state index in [9.17, 15) is 5.26 Å². The number of aromatic nitrogens is 1. The van der Waals surface area contributed by atoms with Crippen molar-refractivity contribution in [3.8, 4) is 17.2 Å². The van der Waals surface area contributed by atoms with Crippen molar-refractivity contribution in [2.24, 2.45) is 0 Å². The van der Waals surface area contributed by atoms with Crippen LogP contribution < -0.4 is 5.73 Å². The fraction of sp³-hybridized carbons (Fsp3) is 0.200. The van der Waals surface area contributed by atoms with E-state index in [2.05, 4.69) is 11.1 Å². The number of hydrogen-bond donors (Lipinski definition) is 1. The van der Waals surface area contributed by atoms with Crippen molar-refractivity contribution in [1.82, 2.24) is 4.98 Å². The Morgan fingerprint density at radius 3 is 2.80 bits per heavy atom. The molecule has 0 spiro atoms. The van der Waals surface area contributed by atoms with Gasteiger partial charge in [0.1, 0.15) is 17.5 Å². The Bertz CT molecular complexity index is 747. The van der Waals surface area contributed by atoms with Crippen molar-refractivity contribution < 1.29 is 0 Å². The highest BCUT2D eigenvalue weighted by atomic mass is 35.5. The zero-order valence-electron chi connectivity index (χ0n) is 10.6. The number of nitrogen functional groups attached to an aromatic ring is 1. The summed E-state index contributed by atoms with van der Waals surface area (Å²) in [6.45, 7) is 0. The van der Waals surface area contributed by atoms with Crippen LogP contribution in [0, 0.1) is 11.3 Å². The van der Waals surface area contributed by atoms with Gasteiger partial charge in [-0.3, -0.25) is 0 Å². The van der Waals surface area contributed by atoms with Crippen LogP contribution in [0.5, 0.6) is 0 Å². The number of anilines is 1. The Balaban J connectivity index is 2.39. The lowest BCUT2D eigenvalue weighted by Gasteiger charge is -2.14. The van der Waals surface area contributed by atoms with Crippen LogP contribution in [0.25, 0.3) is 11.1 Å². The van der Waals surface area contributed by atoms with E-state index in [1.807, 2.05) is 12.1 Å². The molecule has 20 heavy (non-hydrogen) atoms.